The normalized spacial score (nSPS) is 15.9. The first kappa shape index (κ1) is 15.4. The lowest BCUT2D eigenvalue weighted by Gasteiger charge is -2.30. The largest absolute Gasteiger partial charge is 0.466 e. The fourth-order valence-corrected chi connectivity index (χ4v) is 2.64. The molecule has 0 aliphatic carbocycles. The van der Waals surface area contributed by atoms with Crippen molar-refractivity contribution in [2.75, 3.05) is 26.7 Å². The minimum Gasteiger partial charge on any atom is -0.466 e. The van der Waals surface area contributed by atoms with Crippen LogP contribution in [0.3, 0.4) is 0 Å². The third kappa shape index (κ3) is 3.77. The van der Waals surface area contributed by atoms with Gasteiger partial charge in [-0.25, -0.2) is 4.79 Å². The van der Waals surface area contributed by atoms with E-state index in [-0.39, 0.29) is 12.0 Å². The van der Waals surface area contributed by atoms with Gasteiger partial charge in [0.1, 0.15) is 11.5 Å². The molecule has 6 heteroatoms. The molecule has 6 nitrogen and oxygen atoms in total. The van der Waals surface area contributed by atoms with E-state index in [9.17, 15) is 9.59 Å². The van der Waals surface area contributed by atoms with E-state index < -0.39 is 0 Å². The second-order valence-electron chi connectivity index (χ2n) is 5.44. The van der Waals surface area contributed by atoms with Gasteiger partial charge in [-0.3, -0.25) is 4.79 Å². The number of likely N-dealkylation sites (tertiary alicyclic amines) is 1. The summed E-state index contributed by atoms with van der Waals surface area (Å²) in [6.07, 6.45) is 1.47. The highest BCUT2D eigenvalue weighted by atomic mass is 16.5. The van der Waals surface area contributed by atoms with Crippen LogP contribution in [0.15, 0.2) is 10.5 Å². The van der Waals surface area contributed by atoms with Crippen molar-refractivity contribution in [1.29, 1.82) is 0 Å². The summed E-state index contributed by atoms with van der Waals surface area (Å²) in [5.74, 6) is 1.68. The van der Waals surface area contributed by atoms with Crippen LogP contribution < -0.4 is 5.32 Å². The zero-order valence-electron chi connectivity index (χ0n) is 12.8. The molecule has 1 aromatic rings. The van der Waals surface area contributed by atoms with Crippen LogP contribution in [-0.2, 0) is 4.74 Å². The van der Waals surface area contributed by atoms with Crippen molar-refractivity contribution in [2.45, 2.75) is 26.7 Å². The Balaban J connectivity index is 1.78. The summed E-state index contributed by atoms with van der Waals surface area (Å²) < 4.78 is 10.1. The lowest BCUT2D eigenvalue weighted by Crippen LogP contribution is -2.41. The van der Waals surface area contributed by atoms with Crippen molar-refractivity contribution in [3.63, 3.8) is 0 Å². The van der Waals surface area contributed by atoms with Gasteiger partial charge in [0.2, 0.25) is 0 Å². The average molecular weight is 294 g/mol. The second-order valence-corrected chi connectivity index (χ2v) is 5.44. The number of carbonyl (C=O) groups excluding carboxylic acids is 2. The van der Waals surface area contributed by atoms with Crippen molar-refractivity contribution in [1.82, 2.24) is 10.2 Å². The standard InChI is InChI=1S/C15H22N2O4/c1-10-8-13(11(2)21-10)14(18)16-9-12-4-6-17(7-5-12)15(19)20-3/h8,12H,4-7,9H2,1-3H3,(H,16,18). The highest BCUT2D eigenvalue weighted by Crippen LogP contribution is 2.18. The predicted octanol–water partition coefficient (Wildman–Crippen LogP) is 2.10. The first-order chi connectivity index (χ1) is 10.0. The number of ether oxygens (including phenoxy) is 1. The lowest BCUT2D eigenvalue weighted by atomic mass is 9.97. The van der Waals surface area contributed by atoms with E-state index in [1.165, 1.54) is 7.11 Å². The Bertz CT molecular complexity index is 516. The molecular weight excluding hydrogens is 272 g/mol. The molecule has 0 saturated carbocycles. The van der Waals surface area contributed by atoms with E-state index >= 15 is 0 Å². The quantitative estimate of drug-likeness (QED) is 0.926. The summed E-state index contributed by atoms with van der Waals surface area (Å²) in [5, 5.41) is 2.95. The molecule has 116 valence electrons. The summed E-state index contributed by atoms with van der Waals surface area (Å²) in [6, 6.07) is 1.75. The van der Waals surface area contributed by atoms with Crippen LogP contribution in [0.4, 0.5) is 4.79 Å². The van der Waals surface area contributed by atoms with Crippen molar-refractivity contribution < 1.29 is 18.7 Å². The molecule has 1 aliphatic heterocycles. The number of hydrogen-bond donors (Lipinski definition) is 1. The lowest BCUT2D eigenvalue weighted by molar-refractivity contribution is 0.0913. The molecule has 1 aliphatic rings. The molecule has 2 amide bonds. The Hall–Kier alpha value is -1.98. The van der Waals surface area contributed by atoms with Gasteiger partial charge in [-0.2, -0.15) is 0 Å². The van der Waals surface area contributed by atoms with E-state index in [0.717, 1.165) is 18.6 Å². The maximum Gasteiger partial charge on any atom is 0.409 e. The summed E-state index contributed by atoms with van der Waals surface area (Å²) >= 11 is 0. The van der Waals surface area contributed by atoms with Crippen LogP contribution in [0, 0.1) is 19.8 Å². The third-order valence-electron chi connectivity index (χ3n) is 3.88. The second kappa shape index (κ2) is 6.65. The van der Waals surface area contributed by atoms with E-state index in [4.69, 9.17) is 9.15 Å². The van der Waals surface area contributed by atoms with Crippen LogP contribution in [0.25, 0.3) is 0 Å². The third-order valence-corrected chi connectivity index (χ3v) is 3.88. The Morgan fingerprint density at radius 1 is 1.38 bits per heavy atom. The van der Waals surface area contributed by atoms with Gasteiger partial charge in [-0.05, 0) is 38.7 Å². The van der Waals surface area contributed by atoms with Crippen LogP contribution in [0.1, 0.15) is 34.7 Å². The number of hydrogen-bond acceptors (Lipinski definition) is 4. The molecule has 0 bridgehead atoms. The first-order valence-corrected chi connectivity index (χ1v) is 7.19. The maximum absolute atomic E-state index is 12.1. The van der Waals surface area contributed by atoms with Crippen LogP contribution in [0.2, 0.25) is 0 Å². The smallest absolute Gasteiger partial charge is 0.409 e. The number of methoxy groups -OCH3 is 1. The highest BCUT2D eigenvalue weighted by Gasteiger charge is 2.24. The maximum atomic E-state index is 12.1. The molecule has 2 heterocycles. The number of furan rings is 1. The number of piperidine rings is 1. The summed E-state index contributed by atoms with van der Waals surface area (Å²) in [4.78, 5) is 25.2. The minimum atomic E-state index is -0.276. The van der Waals surface area contributed by atoms with Crippen LogP contribution in [0.5, 0.6) is 0 Å². The number of nitrogens with zero attached hydrogens (tertiary/aromatic N) is 1. The van der Waals surface area contributed by atoms with Gasteiger partial charge in [-0.1, -0.05) is 0 Å². The Kier molecular flexibility index (Phi) is 4.88. The van der Waals surface area contributed by atoms with Gasteiger partial charge in [0.25, 0.3) is 5.91 Å². The zero-order valence-corrected chi connectivity index (χ0v) is 12.8. The number of amides is 2. The predicted molar refractivity (Wildman–Crippen MR) is 77.2 cm³/mol. The summed E-state index contributed by atoms with van der Waals surface area (Å²) in [7, 11) is 1.39. The summed E-state index contributed by atoms with van der Waals surface area (Å²) in [5.41, 5.74) is 0.597. The first-order valence-electron chi connectivity index (χ1n) is 7.19. The Morgan fingerprint density at radius 3 is 2.57 bits per heavy atom. The molecule has 1 saturated heterocycles. The monoisotopic (exact) mass is 294 g/mol. The molecule has 0 atom stereocenters. The summed E-state index contributed by atoms with van der Waals surface area (Å²) in [6.45, 7) is 5.59. The van der Waals surface area contributed by atoms with E-state index in [0.29, 0.717) is 36.9 Å². The SMILES string of the molecule is COC(=O)N1CCC(CNC(=O)c2cc(C)oc2C)CC1. The van der Waals surface area contributed by atoms with Gasteiger partial charge in [0, 0.05) is 19.6 Å². The molecule has 0 spiro atoms. The van der Waals surface area contributed by atoms with Crippen molar-refractivity contribution in [3.05, 3.63) is 23.2 Å². The van der Waals surface area contributed by atoms with Crippen molar-refractivity contribution in [2.24, 2.45) is 5.92 Å². The Labute approximate surface area is 124 Å². The number of rotatable bonds is 3. The topological polar surface area (TPSA) is 71.8 Å². The van der Waals surface area contributed by atoms with E-state index in [2.05, 4.69) is 5.32 Å². The van der Waals surface area contributed by atoms with Crippen LogP contribution >= 0.6 is 0 Å². The van der Waals surface area contributed by atoms with Gasteiger partial charge >= 0.3 is 6.09 Å². The number of aryl methyl sites for hydroxylation is 2. The number of carbonyl (C=O) groups is 2. The van der Waals surface area contributed by atoms with Gasteiger partial charge in [-0.15, -0.1) is 0 Å². The van der Waals surface area contributed by atoms with Crippen LogP contribution in [-0.4, -0.2) is 43.6 Å². The van der Waals surface area contributed by atoms with Gasteiger partial charge < -0.3 is 19.4 Å². The minimum absolute atomic E-state index is 0.0975. The van der Waals surface area contributed by atoms with Gasteiger partial charge in [0.05, 0.1) is 12.7 Å². The average Bonchev–Trinajstić information content (AvgIpc) is 2.83. The molecule has 1 N–H and O–H groups in total. The molecule has 0 unspecified atom stereocenters. The highest BCUT2D eigenvalue weighted by molar-refractivity contribution is 5.95. The molecular formula is C15H22N2O4. The zero-order chi connectivity index (χ0) is 15.4. The fraction of sp³-hybridized carbons (Fsp3) is 0.600. The molecule has 2 rings (SSSR count). The van der Waals surface area contributed by atoms with Crippen molar-refractivity contribution in [3.8, 4) is 0 Å². The van der Waals surface area contributed by atoms with E-state index in [1.54, 1.807) is 17.9 Å². The molecule has 21 heavy (non-hydrogen) atoms. The van der Waals surface area contributed by atoms with Gasteiger partial charge in [0.15, 0.2) is 0 Å². The van der Waals surface area contributed by atoms with E-state index in [1.807, 2.05) is 6.92 Å². The Morgan fingerprint density at radius 2 is 2.05 bits per heavy atom. The molecule has 1 fully saturated rings. The van der Waals surface area contributed by atoms with Crippen molar-refractivity contribution >= 4 is 12.0 Å². The molecule has 1 aromatic heterocycles. The number of nitrogens with one attached hydrogen (secondary N) is 1. The fourth-order valence-electron chi connectivity index (χ4n) is 2.64. The molecule has 0 radical (unpaired) electrons. The molecule has 0 aromatic carbocycles.